The highest BCUT2D eigenvalue weighted by Gasteiger charge is 2.22. The Hall–Kier alpha value is -1.48. The second-order valence-corrected chi connectivity index (χ2v) is 6.78. The molecule has 0 aliphatic carbocycles. The van der Waals surface area contributed by atoms with Crippen LogP contribution < -0.4 is 21.1 Å². The summed E-state index contributed by atoms with van der Waals surface area (Å²) in [6.07, 6.45) is 2.15. The first-order valence-corrected chi connectivity index (χ1v) is 8.21. The zero-order valence-corrected chi connectivity index (χ0v) is 14.3. The molecule has 9 heteroatoms. The molecular weight excluding hydrogens is 338 g/mol. The van der Waals surface area contributed by atoms with Crippen LogP contribution in [0.25, 0.3) is 0 Å². The summed E-state index contributed by atoms with van der Waals surface area (Å²) in [4.78, 5) is 16.6. The number of nitrogens with one attached hydrogen (secondary N) is 2. The average Bonchev–Trinajstić information content (AvgIpc) is 2.95. The number of hydrogen-bond donors (Lipinski definition) is 3. The summed E-state index contributed by atoms with van der Waals surface area (Å²) in [5.41, 5.74) is 6.55. The molecule has 2 atom stereocenters. The third-order valence-corrected chi connectivity index (χ3v) is 4.63. The van der Waals surface area contributed by atoms with Crippen LogP contribution in [0, 0.1) is 5.82 Å². The lowest BCUT2D eigenvalue weighted by Crippen LogP contribution is -2.40. The Labute approximate surface area is 143 Å². The summed E-state index contributed by atoms with van der Waals surface area (Å²) in [5.74, 6) is -0.796. The Morgan fingerprint density at radius 1 is 1.57 bits per heavy atom. The summed E-state index contributed by atoms with van der Waals surface area (Å²) in [6, 6.07) is 3.18. The SMILES string of the molecule is Bc1cnc(C(N)CC(NC)C(=O)Nc2ccc(F)c(Cl)c2)s1. The lowest BCUT2D eigenvalue weighted by Gasteiger charge is -2.19. The van der Waals surface area contributed by atoms with Crippen molar-refractivity contribution in [3.8, 4) is 0 Å². The molecule has 0 bridgehead atoms. The standard InChI is InChI=1S/C14H17BClFN4OS/c1-19-11(5-10(18)14-20-6-12(15)23-14)13(22)21-7-2-3-9(17)8(16)4-7/h2-4,6,10-11,19H,5,15,18H2,1H3,(H,21,22). The molecule has 0 saturated carbocycles. The molecule has 122 valence electrons. The number of carbonyl (C=O) groups excluding carboxylic acids is 1. The highest BCUT2D eigenvalue weighted by Crippen LogP contribution is 2.21. The fourth-order valence-corrected chi connectivity index (χ4v) is 3.03. The molecule has 0 aliphatic rings. The van der Waals surface area contributed by atoms with Gasteiger partial charge >= 0.3 is 0 Å². The number of nitrogens with zero attached hydrogens (tertiary/aromatic N) is 1. The number of anilines is 1. The molecule has 0 saturated heterocycles. The van der Waals surface area contributed by atoms with Gasteiger partial charge in [0.1, 0.15) is 10.8 Å². The predicted molar refractivity (Wildman–Crippen MR) is 94.7 cm³/mol. The molecule has 0 spiro atoms. The van der Waals surface area contributed by atoms with Crippen molar-refractivity contribution in [3.05, 3.63) is 40.2 Å². The molecule has 0 aliphatic heterocycles. The van der Waals surface area contributed by atoms with Crippen LogP contribution in [0.3, 0.4) is 0 Å². The number of carbonyl (C=O) groups is 1. The Morgan fingerprint density at radius 3 is 2.87 bits per heavy atom. The second-order valence-electron chi connectivity index (χ2n) is 5.11. The van der Waals surface area contributed by atoms with Gasteiger partial charge in [-0.25, -0.2) is 9.37 Å². The summed E-state index contributed by atoms with van der Waals surface area (Å²) in [5, 5.41) is 6.38. The molecule has 1 heterocycles. The third-order valence-electron chi connectivity index (χ3n) is 3.30. The lowest BCUT2D eigenvalue weighted by molar-refractivity contribution is -0.118. The van der Waals surface area contributed by atoms with E-state index in [1.807, 2.05) is 7.85 Å². The van der Waals surface area contributed by atoms with E-state index in [1.165, 1.54) is 29.5 Å². The molecule has 1 aromatic carbocycles. The minimum atomic E-state index is -0.531. The molecule has 5 nitrogen and oxygen atoms in total. The summed E-state index contributed by atoms with van der Waals surface area (Å²) in [7, 11) is 3.64. The number of benzene rings is 1. The lowest BCUT2D eigenvalue weighted by atomic mass is 10.1. The van der Waals surface area contributed by atoms with Crippen molar-refractivity contribution in [1.29, 1.82) is 0 Å². The van der Waals surface area contributed by atoms with Gasteiger partial charge in [0.2, 0.25) is 5.91 Å². The van der Waals surface area contributed by atoms with Crippen LogP contribution in [0.2, 0.25) is 5.02 Å². The van der Waals surface area contributed by atoms with Crippen LogP contribution in [-0.2, 0) is 4.79 Å². The van der Waals surface area contributed by atoms with Crippen LogP contribution in [0.5, 0.6) is 0 Å². The van der Waals surface area contributed by atoms with Crippen molar-refractivity contribution in [2.45, 2.75) is 18.5 Å². The van der Waals surface area contributed by atoms with Crippen LogP contribution >= 0.6 is 22.9 Å². The molecule has 0 fully saturated rings. The first-order chi connectivity index (χ1) is 10.9. The van der Waals surface area contributed by atoms with Crippen LogP contribution in [0.15, 0.2) is 24.4 Å². The quantitative estimate of drug-likeness (QED) is 0.671. The van der Waals surface area contributed by atoms with E-state index in [1.54, 1.807) is 13.2 Å². The van der Waals surface area contributed by atoms with Crippen molar-refractivity contribution >= 4 is 47.2 Å². The Bertz CT molecular complexity index is 699. The van der Waals surface area contributed by atoms with E-state index in [0.29, 0.717) is 12.1 Å². The maximum atomic E-state index is 13.1. The van der Waals surface area contributed by atoms with Gasteiger partial charge in [-0.2, -0.15) is 0 Å². The van der Waals surface area contributed by atoms with Crippen LogP contribution in [-0.4, -0.2) is 31.8 Å². The van der Waals surface area contributed by atoms with Gasteiger partial charge in [-0.3, -0.25) is 4.79 Å². The third kappa shape index (κ3) is 4.75. The number of halogens is 2. The number of amides is 1. The van der Waals surface area contributed by atoms with E-state index >= 15 is 0 Å². The normalized spacial score (nSPS) is 13.6. The summed E-state index contributed by atoms with van der Waals surface area (Å²) >= 11 is 7.22. The Morgan fingerprint density at radius 2 is 2.30 bits per heavy atom. The zero-order chi connectivity index (χ0) is 17.0. The number of likely N-dealkylation sites (N-methyl/N-ethyl adjacent to an activating group) is 1. The van der Waals surface area contributed by atoms with Gasteiger partial charge in [0.15, 0.2) is 7.85 Å². The summed E-state index contributed by atoms with van der Waals surface area (Å²) in [6.45, 7) is 0. The largest absolute Gasteiger partial charge is 0.325 e. The van der Waals surface area contributed by atoms with Gasteiger partial charge in [0.05, 0.1) is 17.1 Å². The minimum absolute atomic E-state index is 0.0428. The van der Waals surface area contributed by atoms with Crippen LogP contribution in [0.1, 0.15) is 17.5 Å². The molecule has 23 heavy (non-hydrogen) atoms. The smallest absolute Gasteiger partial charge is 0.241 e. The highest BCUT2D eigenvalue weighted by molar-refractivity contribution is 7.19. The van der Waals surface area contributed by atoms with Gasteiger partial charge in [-0.1, -0.05) is 11.6 Å². The van der Waals surface area contributed by atoms with Crippen LogP contribution in [0.4, 0.5) is 10.1 Å². The van der Waals surface area contributed by atoms with E-state index in [4.69, 9.17) is 17.3 Å². The van der Waals surface area contributed by atoms with E-state index < -0.39 is 11.9 Å². The first-order valence-electron chi connectivity index (χ1n) is 7.01. The predicted octanol–water partition coefficient (Wildman–Crippen LogP) is 0.811. The zero-order valence-electron chi connectivity index (χ0n) is 12.8. The van der Waals surface area contributed by atoms with Gasteiger partial charge in [-0.05, 0) is 36.4 Å². The molecule has 1 amide bonds. The van der Waals surface area contributed by atoms with Crippen molar-refractivity contribution in [3.63, 3.8) is 0 Å². The fraction of sp³-hybridized carbons (Fsp3) is 0.286. The van der Waals surface area contributed by atoms with Crippen molar-refractivity contribution in [1.82, 2.24) is 10.3 Å². The topological polar surface area (TPSA) is 80.0 Å². The molecular formula is C14H17BClFN4OS. The number of thiazole rings is 1. The molecule has 0 radical (unpaired) electrons. The van der Waals surface area contributed by atoms with Gasteiger partial charge in [0, 0.05) is 11.9 Å². The summed E-state index contributed by atoms with van der Waals surface area (Å²) < 4.78 is 14.2. The van der Waals surface area contributed by atoms with E-state index in [9.17, 15) is 9.18 Å². The Balaban J connectivity index is 2.01. The molecule has 2 aromatic rings. The fourth-order valence-electron chi connectivity index (χ4n) is 2.06. The maximum absolute atomic E-state index is 13.1. The van der Waals surface area contributed by atoms with Crippen molar-refractivity contribution < 1.29 is 9.18 Å². The molecule has 4 N–H and O–H groups in total. The highest BCUT2D eigenvalue weighted by atomic mass is 35.5. The van der Waals surface area contributed by atoms with E-state index in [-0.39, 0.29) is 17.0 Å². The van der Waals surface area contributed by atoms with Crippen molar-refractivity contribution in [2.24, 2.45) is 5.73 Å². The number of aromatic nitrogens is 1. The van der Waals surface area contributed by atoms with Gasteiger partial charge in [-0.15, -0.1) is 11.3 Å². The molecule has 1 aromatic heterocycles. The number of hydrogen-bond acceptors (Lipinski definition) is 5. The number of rotatable bonds is 6. The van der Waals surface area contributed by atoms with Gasteiger partial charge < -0.3 is 16.4 Å². The molecule has 2 unspecified atom stereocenters. The Kier molecular flexibility index (Phi) is 6.12. The first kappa shape index (κ1) is 17.9. The van der Waals surface area contributed by atoms with E-state index in [0.717, 1.165) is 9.78 Å². The van der Waals surface area contributed by atoms with Crippen molar-refractivity contribution in [2.75, 3.05) is 12.4 Å². The average molecular weight is 355 g/mol. The maximum Gasteiger partial charge on any atom is 0.241 e. The number of nitrogens with two attached hydrogens (primary N) is 1. The second kappa shape index (κ2) is 7.87. The van der Waals surface area contributed by atoms with E-state index in [2.05, 4.69) is 15.6 Å². The van der Waals surface area contributed by atoms with Gasteiger partial charge in [0.25, 0.3) is 0 Å². The monoisotopic (exact) mass is 354 g/mol. The molecule has 2 rings (SSSR count). The minimum Gasteiger partial charge on any atom is -0.325 e.